The van der Waals surface area contributed by atoms with E-state index < -0.39 is 5.60 Å². The first kappa shape index (κ1) is 8.58. The van der Waals surface area contributed by atoms with Gasteiger partial charge in [-0.3, -0.25) is 0 Å². The Kier molecular flexibility index (Phi) is 2.22. The molecule has 0 aromatic rings. The van der Waals surface area contributed by atoms with E-state index in [1.165, 1.54) is 0 Å². The predicted octanol–water partition coefficient (Wildman–Crippen LogP) is 2.27. The van der Waals surface area contributed by atoms with Crippen LogP contribution >= 0.6 is 0 Å². The van der Waals surface area contributed by atoms with E-state index in [4.69, 9.17) is 0 Å². The summed E-state index contributed by atoms with van der Waals surface area (Å²) in [6.45, 7) is 7.69. The number of aliphatic hydroxyl groups is 1. The lowest BCUT2D eigenvalue weighted by Gasteiger charge is -2.27. The van der Waals surface area contributed by atoms with Crippen molar-refractivity contribution in [3.8, 4) is 0 Å². The Morgan fingerprint density at radius 3 is 2.64 bits per heavy atom. The standard InChI is InChI=1S/C10H16O/c1-4-9-6-5-7-10(9,11)8(2)3/h8,11H,1,5-7H2,2-3H3. The van der Waals surface area contributed by atoms with Crippen LogP contribution in [0.2, 0.25) is 0 Å². The smallest absolute Gasteiger partial charge is 0.0952 e. The van der Waals surface area contributed by atoms with Crippen molar-refractivity contribution in [2.45, 2.75) is 38.7 Å². The van der Waals surface area contributed by atoms with E-state index in [0.29, 0.717) is 0 Å². The van der Waals surface area contributed by atoms with Crippen LogP contribution < -0.4 is 0 Å². The molecule has 0 amide bonds. The summed E-state index contributed by atoms with van der Waals surface area (Å²) in [5.41, 5.74) is 3.26. The molecule has 1 aliphatic carbocycles. The Balaban J connectivity index is 2.93. The lowest BCUT2D eigenvalue weighted by molar-refractivity contribution is 0.0379. The van der Waals surface area contributed by atoms with Gasteiger partial charge in [0.2, 0.25) is 0 Å². The molecule has 0 saturated heterocycles. The highest BCUT2D eigenvalue weighted by atomic mass is 16.3. The molecule has 1 rings (SSSR count). The van der Waals surface area contributed by atoms with Gasteiger partial charge in [0.25, 0.3) is 0 Å². The summed E-state index contributed by atoms with van der Waals surface area (Å²) < 4.78 is 0. The van der Waals surface area contributed by atoms with Crippen molar-refractivity contribution < 1.29 is 5.11 Å². The van der Waals surface area contributed by atoms with E-state index in [-0.39, 0.29) is 5.92 Å². The minimum atomic E-state index is -0.595. The molecule has 1 aliphatic rings. The van der Waals surface area contributed by atoms with Crippen molar-refractivity contribution in [2.75, 3.05) is 0 Å². The molecular formula is C10H16O. The first-order valence-corrected chi connectivity index (χ1v) is 4.23. The number of rotatable bonds is 1. The second kappa shape index (κ2) is 2.84. The van der Waals surface area contributed by atoms with Crippen LogP contribution in [0.1, 0.15) is 33.1 Å². The number of hydrogen-bond donors (Lipinski definition) is 1. The minimum absolute atomic E-state index is 0.286. The van der Waals surface area contributed by atoms with Gasteiger partial charge in [-0.2, -0.15) is 0 Å². The molecule has 1 nitrogen and oxygen atoms in total. The van der Waals surface area contributed by atoms with Crippen molar-refractivity contribution in [2.24, 2.45) is 5.92 Å². The normalized spacial score (nSPS) is 31.1. The summed E-state index contributed by atoms with van der Waals surface area (Å²) in [6, 6.07) is 0. The Labute approximate surface area is 68.4 Å². The fourth-order valence-electron chi connectivity index (χ4n) is 1.78. The molecule has 1 heteroatoms. The summed E-state index contributed by atoms with van der Waals surface area (Å²) in [5, 5.41) is 10.1. The third-order valence-electron chi connectivity index (χ3n) is 2.68. The summed E-state index contributed by atoms with van der Waals surface area (Å²) >= 11 is 0. The van der Waals surface area contributed by atoms with Gasteiger partial charge in [0.05, 0.1) is 5.60 Å². The van der Waals surface area contributed by atoms with Gasteiger partial charge < -0.3 is 5.11 Å². The van der Waals surface area contributed by atoms with Crippen molar-refractivity contribution in [3.63, 3.8) is 0 Å². The molecule has 0 aromatic heterocycles. The number of hydrogen-bond acceptors (Lipinski definition) is 1. The molecular weight excluding hydrogens is 136 g/mol. The van der Waals surface area contributed by atoms with Gasteiger partial charge in [-0.15, -0.1) is 5.73 Å². The van der Waals surface area contributed by atoms with Crippen molar-refractivity contribution >= 4 is 0 Å². The van der Waals surface area contributed by atoms with E-state index in [0.717, 1.165) is 24.8 Å². The highest BCUT2D eigenvalue weighted by molar-refractivity contribution is 5.20. The first-order chi connectivity index (χ1) is 5.11. The van der Waals surface area contributed by atoms with Gasteiger partial charge in [0.1, 0.15) is 0 Å². The zero-order valence-corrected chi connectivity index (χ0v) is 7.35. The average molecular weight is 152 g/mol. The maximum Gasteiger partial charge on any atom is 0.0952 e. The second-order valence-corrected chi connectivity index (χ2v) is 3.59. The summed E-state index contributed by atoms with van der Waals surface area (Å²) in [5.74, 6) is 0.286. The molecule has 0 heterocycles. The van der Waals surface area contributed by atoms with Crippen LogP contribution in [0.5, 0.6) is 0 Å². The quantitative estimate of drug-likeness (QED) is 0.571. The van der Waals surface area contributed by atoms with E-state index in [1.54, 1.807) is 0 Å². The molecule has 0 bridgehead atoms. The van der Waals surface area contributed by atoms with Crippen molar-refractivity contribution in [1.29, 1.82) is 0 Å². The zero-order valence-electron chi connectivity index (χ0n) is 7.35. The maximum absolute atomic E-state index is 10.1. The van der Waals surface area contributed by atoms with Gasteiger partial charge in [-0.05, 0) is 25.2 Å². The monoisotopic (exact) mass is 152 g/mol. The molecule has 0 spiro atoms. The largest absolute Gasteiger partial charge is 0.385 e. The lowest BCUT2D eigenvalue weighted by atomic mass is 9.86. The van der Waals surface area contributed by atoms with Gasteiger partial charge in [-0.1, -0.05) is 20.4 Å². The molecule has 62 valence electrons. The SMILES string of the molecule is C=C=C1CCCC1(O)C(C)C. The predicted molar refractivity (Wildman–Crippen MR) is 46.3 cm³/mol. The third kappa shape index (κ3) is 1.26. The van der Waals surface area contributed by atoms with Crippen LogP contribution in [-0.4, -0.2) is 10.7 Å². The zero-order chi connectivity index (χ0) is 8.48. The third-order valence-corrected chi connectivity index (χ3v) is 2.68. The van der Waals surface area contributed by atoms with Crippen LogP contribution in [0.4, 0.5) is 0 Å². The molecule has 1 saturated carbocycles. The second-order valence-electron chi connectivity index (χ2n) is 3.59. The van der Waals surface area contributed by atoms with Gasteiger partial charge in [0.15, 0.2) is 0 Å². The van der Waals surface area contributed by atoms with Crippen molar-refractivity contribution in [1.82, 2.24) is 0 Å². The molecule has 1 N–H and O–H groups in total. The summed E-state index contributed by atoms with van der Waals surface area (Å²) in [6.07, 6.45) is 2.92. The lowest BCUT2D eigenvalue weighted by Crippen LogP contribution is -2.32. The molecule has 1 fully saturated rings. The molecule has 1 unspecified atom stereocenters. The fourth-order valence-corrected chi connectivity index (χ4v) is 1.78. The Morgan fingerprint density at radius 1 is 1.64 bits per heavy atom. The van der Waals surface area contributed by atoms with Crippen LogP contribution in [0, 0.1) is 5.92 Å². The van der Waals surface area contributed by atoms with E-state index in [2.05, 4.69) is 12.3 Å². The Morgan fingerprint density at radius 2 is 2.27 bits per heavy atom. The van der Waals surface area contributed by atoms with Crippen LogP contribution in [0.25, 0.3) is 0 Å². The molecule has 0 aromatic carbocycles. The van der Waals surface area contributed by atoms with Crippen molar-refractivity contribution in [3.05, 3.63) is 17.9 Å². The Bertz CT molecular complexity index is 199. The molecule has 0 radical (unpaired) electrons. The molecule has 11 heavy (non-hydrogen) atoms. The highest BCUT2D eigenvalue weighted by Gasteiger charge is 2.38. The highest BCUT2D eigenvalue weighted by Crippen LogP contribution is 2.39. The average Bonchev–Trinajstić information content (AvgIpc) is 2.32. The first-order valence-electron chi connectivity index (χ1n) is 4.23. The van der Waals surface area contributed by atoms with Gasteiger partial charge >= 0.3 is 0 Å². The van der Waals surface area contributed by atoms with Crippen LogP contribution in [-0.2, 0) is 0 Å². The topological polar surface area (TPSA) is 20.2 Å². The van der Waals surface area contributed by atoms with Gasteiger partial charge in [-0.25, -0.2) is 0 Å². The minimum Gasteiger partial charge on any atom is -0.385 e. The fraction of sp³-hybridized carbons (Fsp3) is 0.700. The van der Waals surface area contributed by atoms with E-state index in [1.807, 2.05) is 13.8 Å². The van der Waals surface area contributed by atoms with Gasteiger partial charge in [0, 0.05) is 5.57 Å². The van der Waals surface area contributed by atoms with Crippen LogP contribution in [0.15, 0.2) is 17.9 Å². The summed E-state index contributed by atoms with van der Waals surface area (Å²) in [4.78, 5) is 0. The maximum atomic E-state index is 10.1. The van der Waals surface area contributed by atoms with E-state index in [9.17, 15) is 5.11 Å². The Hall–Kier alpha value is -0.520. The molecule has 0 aliphatic heterocycles. The summed E-state index contributed by atoms with van der Waals surface area (Å²) in [7, 11) is 0. The molecule has 1 atom stereocenters. The van der Waals surface area contributed by atoms with E-state index >= 15 is 0 Å². The van der Waals surface area contributed by atoms with Crippen LogP contribution in [0.3, 0.4) is 0 Å².